The van der Waals surface area contributed by atoms with Gasteiger partial charge in [0.2, 0.25) is 0 Å². The van der Waals surface area contributed by atoms with Crippen molar-refractivity contribution in [1.82, 2.24) is 0 Å². The van der Waals surface area contributed by atoms with Gasteiger partial charge in [0.05, 0.1) is 18.1 Å². The van der Waals surface area contributed by atoms with Crippen molar-refractivity contribution < 1.29 is 29.0 Å². The van der Waals surface area contributed by atoms with E-state index in [2.05, 4.69) is 26.3 Å². The summed E-state index contributed by atoms with van der Waals surface area (Å²) >= 11 is 0. The predicted molar refractivity (Wildman–Crippen MR) is 85.6 cm³/mol. The van der Waals surface area contributed by atoms with E-state index in [1.54, 1.807) is 6.08 Å². The van der Waals surface area contributed by atoms with Crippen LogP contribution in [0.3, 0.4) is 0 Å². The van der Waals surface area contributed by atoms with Gasteiger partial charge in [0.1, 0.15) is 18.5 Å². The molecule has 0 aromatic rings. The van der Waals surface area contributed by atoms with Crippen LogP contribution in [0, 0.1) is 17.8 Å². The molecule has 6 heteroatoms. The summed E-state index contributed by atoms with van der Waals surface area (Å²) in [6.45, 7) is 14.1. The van der Waals surface area contributed by atoms with Gasteiger partial charge in [-0.1, -0.05) is 25.8 Å². The molecule has 5 atom stereocenters. The number of carbonyl (C=O) groups excluding carboxylic acids is 3. The zero-order chi connectivity index (χ0) is 18.0. The number of hydrogen-bond donors (Lipinski definition) is 1. The predicted octanol–water partition coefficient (Wildman–Crippen LogP) is 1.12. The lowest BCUT2D eigenvalue weighted by Gasteiger charge is -2.41. The van der Waals surface area contributed by atoms with E-state index in [1.807, 2.05) is 0 Å². The van der Waals surface area contributed by atoms with E-state index in [1.165, 1.54) is 0 Å². The summed E-state index contributed by atoms with van der Waals surface area (Å²) in [5.41, 5.74) is 0.401. The van der Waals surface area contributed by atoms with Crippen molar-refractivity contribution in [1.29, 1.82) is 0 Å². The third kappa shape index (κ3) is 2.97. The second-order valence-corrected chi connectivity index (χ2v) is 5.98. The summed E-state index contributed by atoms with van der Waals surface area (Å²) < 4.78 is 10.8. The minimum atomic E-state index is -0.746. The van der Waals surface area contributed by atoms with E-state index in [-0.39, 0.29) is 17.1 Å². The highest BCUT2D eigenvalue weighted by molar-refractivity contribution is 5.92. The first-order chi connectivity index (χ1) is 11.3. The van der Waals surface area contributed by atoms with E-state index in [0.29, 0.717) is 18.3 Å². The molecule has 2 fully saturated rings. The second-order valence-electron chi connectivity index (χ2n) is 5.98. The number of aliphatic hydroxyl groups is 1. The molecule has 1 N–H and O–H groups in total. The Bertz CT molecular complexity index is 631. The molecule has 24 heavy (non-hydrogen) atoms. The molecule has 5 unspecified atom stereocenters. The highest BCUT2D eigenvalue weighted by Crippen LogP contribution is 2.47. The minimum Gasteiger partial charge on any atom is -0.458 e. The Balaban J connectivity index is 2.35. The highest BCUT2D eigenvalue weighted by atomic mass is 16.6. The third-order valence-corrected chi connectivity index (χ3v) is 4.60. The first kappa shape index (κ1) is 17.9. The van der Waals surface area contributed by atoms with Crippen LogP contribution in [0.1, 0.15) is 6.42 Å². The number of fused-ring (bicyclic) bond motifs is 1. The van der Waals surface area contributed by atoms with Crippen molar-refractivity contribution in [3.8, 4) is 0 Å². The standard InChI is InChI=1S/C18H20O6/c1-5-12-6-13(23-17(21)10(3)8-20)15-11(4)18(22)24-16(15)14(12)9(2)7-19/h5,7,12-16,20H,1-4,6,8H2. The molecule has 1 aliphatic heterocycles. The third-order valence-electron chi connectivity index (χ3n) is 4.60. The summed E-state index contributed by atoms with van der Waals surface area (Å²) in [4.78, 5) is 35.1. The van der Waals surface area contributed by atoms with Crippen LogP contribution >= 0.6 is 0 Å². The highest BCUT2D eigenvalue weighted by Gasteiger charge is 2.54. The van der Waals surface area contributed by atoms with Crippen molar-refractivity contribution in [2.24, 2.45) is 17.8 Å². The van der Waals surface area contributed by atoms with Gasteiger partial charge < -0.3 is 14.6 Å². The fraction of sp³-hybridized carbons (Fsp3) is 0.389. The quantitative estimate of drug-likeness (QED) is 0.339. The molecule has 0 aromatic heterocycles. The molecule has 2 aliphatic rings. The van der Waals surface area contributed by atoms with Crippen LogP contribution in [0.15, 0.2) is 49.1 Å². The van der Waals surface area contributed by atoms with Gasteiger partial charge in [0, 0.05) is 11.5 Å². The number of esters is 2. The maximum atomic E-state index is 11.9. The van der Waals surface area contributed by atoms with Crippen LogP contribution in [0.4, 0.5) is 0 Å². The summed E-state index contributed by atoms with van der Waals surface area (Å²) in [6, 6.07) is 0. The summed E-state index contributed by atoms with van der Waals surface area (Å²) in [6.07, 6.45) is 1.21. The lowest BCUT2D eigenvalue weighted by Crippen LogP contribution is -2.47. The Morgan fingerprint density at radius 3 is 2.62 bits per heavy atom. The number of allylic oxidation sites excluding steroid dienone is 1. The Labute approximate surface area is 140 Å². The SMILES string of the molecule is C=CC1CC(OC(=O)C(=C)CO)C2C(=C)C(=O)OC2C1C(=C)C=O. The number of hydrogen-bond acceptors (Lipinski definition) is 6. The zero-order valence-electron chi connectivity index (χ0n) is 13.3. The van der Waals surface area contributed by atoms with Gasteiger partial charge in [0.25, 0.3) is 0 Å². The van der Waals surface area contributed by atoms with Gasteiger partial charge in [-0.15, -0.1) is 6.58 Å². The molecule has 0 bridgehead atoms. The van der Waals surface area contributed by atoms with Crippen molar-refractivity contribution in [3.63, 3.8) is 0 Å². The summed E-state index contributed by atoms with van der Waals surface area (Å²) in [7, 11) is 0. The largest absolute Gasteiger partial charge is 0.458 e. The first-order valence-electron chi connectivity index (χ1n) is 7.51. The maximum Gasteiger partial charge on any atom is 0.336 e. The molecule has 128 valence electrons. The van der Waals surface area contributed by atoms with Crippen LogP contribution in [-0.4, -0.2) is 42.1 Å². The molecule has 1 heterocycles. The Kier molecular flexibility index (Phi) is 5.19. The number of rotatable bonds is 6. The van der Waals surface area contributed by atoms with E-state index in [9.17, 15) is 14.4 Å². The van der Waals surface area contributed by atoms with E-state index in [4.69, 9.17) is 14.6 Å². The zero-order valence-corrected chi connectivity index (χ0v) is 13.3. The average molecular weight is 332 g/mol. The molecule has 1 aliphatic carbocycles. The van der Waals surface area contributed by atoms with Crippen molar-refractivity contribution in [2.75, 3.05) is 6.61 Å². The maximum absolute atomic E-state index is 11.9. The molecule has 6 nitrogen and oxygen atoms in total. The smallest absolute Gasteiger partial charge is 0.336 e. The van der Waals surface area contributed by atoms with Crippen LogP contribution in [-0.2, 0) is 23.9 Å². The molecule has 2 rings (SSSR count). The molecule has 1 saturated carbocycles. The molecule has 1 saturated heterocycles. The van der Waals surface area contributed by atoms with E-state index < -0.39 is 42.6 Å². The molecular weight excluding hydrogens is 312 g/mol. The van der Waals surface area contributed by atoms with Crippen LogP contribution < -0.4 is 0 Å². The molecule has 0 amide bonds. The summed E-state index contributed by atoms with van der Waals surface area (Å²) in [5, 5.41) is 9.00. The first-order valence-corrected chi connectivity index (χ1v) is 7.51. The monoisotopic (exact) mass is 332 g/mol. The fourth-order valence-corrected chi connectivity index (χ4v) is 3.36. The number of carbonyl (C=O) groups is 3. The number of aldehydes is 1. The van der Waals surface area contributed by atoms with Crippen molar-refractivity contribution in [3.05, 3.63) is 49.1 Å². The van der Waals surface area contributed by atoms with Crippen molar-refractivity contribution in [2.45, 2.75) is 18.6 Å². The molecular formula is C18H20O6. The van der Waals surface area contributed by atoms with Gasteiger partial charge in [-0.2, -0.15) is 0 Å². The normalized spacial score (nSPS) is 31.6. The van der Waals surface area contributed by atoms with Crippen LogP contribution in [0.25, 0.3) is 0 Å². The minimum absolute atomic E-state index is 0.0861. The second kappa shape index (κ2) is 6.97. The average Bonchev–Trinajstić information content (AvgIpc) is 2.87. The Morgan fingerprint density at radius 1 is 1.42 bits per heavy atom. The molecule has 0 spiro atoms. The number of aliphatic hydroxyl groups excluding tert-OH is 1. The van der Waals surface area contributed by atoms with E-state index in [0.717, 1.165) is 0 Å². The van der Waals surface area contributed by atoms with Crippen molar-refractivity contribution >= 4 is 18.2 Å². The Hall–Kier alpha value is -2.47. The van der Waals surface area contributed by atoms with E-state index >= 15 is 0 Å². The van der Waals surface area contributed by atoms with Gasteiger partial charge in [-0.3, -0.25) is 4.79 Å². The lowest BCUT2D eigenvalue weighted by atomic mass is 9.67. The van der Waals surface area contributed by atoms with Gasteiger partial charge in [-0.25, -0.2) is 9.59 Å². The Morgan fingerprint density at radius 2 is 2.08 bits per heavy atom. The number of ether oxygens (including phenoxy) is 2. The van der Waals surface area contributed by atoms with Gasteiger partial charge in [0.15, 0.2) is 0 Å². The molecule has 0 radical (unpaired) electrons. The molecule has 0 aromatic carbocycles. The topological polar surface area (TPSA) is 89.9 Å². The fourth-order valence-electron chi connectivity index (χ4n) is 3.36. The summed E-state index contributed by atoms with van der Waals surface area (Å²) in [5.74, 6) is -2.61. The van der Waals surface area contributed by atoms with Gasteiger partial charge >= 0.3 is 11.9 Å². The lowest BCUT2D eigenvalue weighted by molar-refractivity contribution is -0.155. The van der Waals surface area contributed by atoms with Gasteiger partial charge in [-0.05, 0) is 17.9 Å². The van der Waals surface area contributed by atoms with Crippen LogP contribution in [0.2, 0.25) is 0 Å². The van der Waals surface area contributed by atoms with Crippen LogP contribution in [0.5, 0.6) is 0 Å².